The van der Waals surface area contributed by atoms with E-state index in [0.717, 1.165) is 0 Å². The molecule has 7 heteroatoms. The van der Waals surface area contributed by atoms with Crippen molar-refractivity contribution in [3.05, 3.63) is 10.7 Å². The third kappa shape index (κ3) is 2.24. The number of rotatable bonds is 1. The summed E-state index contributed by atoms with van der Waals surface area (Å²) < 4.78 is 5.26. The average molecular weight is 291 g/mol. The first-order valence-electron chi connectivity index (χ1n) is 5.54. The molecule has 18 heavy (non-hydrogen) atoms. The number of thioether (sulfide) groups is 1. The van der Waals surface area contributed by atoms with Crippen molar-refractivity contribution < 1.29 is 14.3 Å². The Bertz CT molecular complexity index is 444. The molecule has 1 unspecified atom stereocenters. The van der Waals surface area contributed by atoms with Crippen LogP contribution in [0.15, 0.2) is 10.7 Å². The molecule has 2 N–H and O–H groups in total. The maximum Gasteiger partial charge on any atom is 0.356 e. The van der Waals surface area contributed by atoms with Gasteiger partial charge in [0.2, 0.25) is 5.91 Å². The van der Waals surface area contributed by atoms with Crippen molar-refractivity contribution >= 4 is 35.2 Å². The first-order chi connectivity index (χ1) is 8.22. The molecule has 0 aromatic heterocycles. The van der Waals surface area contributed by atoms with E-state index in [1.807, 2.05) is 0 Å². The Morgan fingerprint density at radius 3 is 2.72 bits per heavy atom. The summed E-state index contributed by atoms with van der Waals surface area (Å²) in [6.45, 7) is 5.29. The van der Waals surface area contributed by atoms with E-state index in [-0.39, 0.29) is 17.0 Å². The van der Waals surface area contributed by atoms with Crippen LogP contribution in [0, 0.1) is 0 Å². The Balaban J connectivity index is 2.25. The number of nitrogens with two attached hydrogens (primary N) is 1. The fourth-order valence-corrected chi connectivity index (χ4v) is 3.29. The molecule has 1 amide bonds. The predicted octanol–water partition coefficient (Wildman–Crippen LogP) is 1.02. The fourth-order valence-electron chi connectivity index (χ4n) is 1.80. The van der Waals surface area contributed by atoms with E-state index in [1.165, 1.54) is 16.7 Å². The summed E-state index contributed by atoms with van der Waals surface area (Å²) in [5.41, 5.74) is 5.20. The number of ether oxygens (including phenoxy) is 1. The normalized spacial score (nSPS) is 27.8. The van der Waals surface area contributed by atoms with Crippen molar-refractivity contribution in [3.8, 4) is 0 Å². The number of hydrogen-bond acceptors (Lipinski definition) is 5. The minimum Gasteiger partial charge on any atom is -0.455 e. The van der Waals surface area contributed by atoms with Gasteiger partial charge in [0, 0.05) is 5.75 Å². The second-order valence-corrected chi connectivity index (χ2v) is 6.75. The van der Waals surface area contributed by atoms with Gasteiger partial charge in [-0.3, -0.25) is 9.69 Å². The van der Waals surface area contributed by atoms with Crippen LogP contribution in [-0.4, -0.2) is 39.5 Å². The molecule has 2 rings (SSSR count). The van der Waals surface area contributed by atoms with Gasteiger partial charge >= 0.3 is 5.97 Å². The van der Waals surface area contributed by atoms with Crippen LogP contribution in [0.4, 0.5) is 0 Å². The number of fused-ring (bicyclic) bond motifs is 1. The van der Waals surface area contributed by atoms with Crippen LogP contribution in [-0.2, 0) is 14.3 Å². The van der Waals surface area contributed by atoms with E-state index >= 15 is 0 Å². The lowest BCUT2D eigenvalue weighted by Gasteiger charge is -2.47. The summed E-state index contributed by atoms with van der Waals surface area (Å²) in [6.07, 6.45) is 0. The zero-order valence-electron chi connectivity index (χ0n) is 10.4. The summed E-state index contributed by atoms with van der Waals surface area (Å²) in [5.74, 6) is -0.387. The molecule has 0 aliphatic carbocycles. The Morgan fingerprint density at radius 2 is 2.17 bits per heavy atom. The SMILES string of the molecule is CC(C)(C)OC(=O)C1=C(Cl)CS[C@@H]2C(N)C(=O)N12. The second kappa shape index (κ2) is 4.43. The number of esters is 1. The van der Waals surface area contributed by atoms with Crippen molar-refractivity contribution in [2.24, 2.45) is 5.73 Å². The zero-order valence-corrected chi connectivity index (χ0v) is 12.0. The number of carbonyl (C=O) groups excluding carboxylic acids is 2. The molecule has 0 spiro atoms. The third-order valence-electron chi connectivity index (χ3n) is 2.56. The van der Waals surface area contributed by atoms with Crippen LogP contribution in [0.25, 0.3) is 0 Å². The van der Waals surface area contributed by atoms with Crippen LogP contribution in [0.5, 0.6) is 0 Å². The summed E-state index contributed by atoms with van der Waals surface area (Å²) in [7, 11) is 0. The topological polar surface area (TPSA) is 72.6 Å². The van der Waals surface area contributed by atoms with Gasteiger partial charge in [0.1, 0.15) is 22.7 Å². The molecule has 2 aliphatic heterocycles. The summed E-state index contributed by atoms with van der Waals surface area (Å²) in [4.78, 5) is 25.1. The number of halogens is 1. The number of amides is 1. The van der Waals surface area contributed by atoms with Crippen LogP contribution < -0.4 is 5.73 Å². The highest BCUT2D eigenvalue weighted by Crippen LogP contribution is 2.41. The van der Waals surface area contributed by atoms with Gasteiger partial charge in [-0.2, -0.15) is 0 Å². The molecule has 100 valence electrons. The lowest BCUT2D eigenvalue weighted by atomic mass is 10.1. The molecule has 5 nitrogen and oxygen atoms in total. The smallest absolute Gasteiger partial charge is 0.356 e. The van der Waals surface area contributed by atoms with Gasteiger partial charge in [-0.25, -0.2) is 4.79 Å². The van der Waals surface area contributed by atoms with Crippen molar-refractivity contribution in [1.29, 1.82) is 0 Å². The van der Waals surface area contributed by atoms with Crippen LogP contribution >= 0.6 is 23.4 Å². The monoisotopic (exact) mass is 290 g/mol. The van der Waals surface area contributed by atoms with E-state index in [1.54, 1.807) is 20.8 Å². The maximum absolute atomic E-state index is 12.1. The predicted molar refractivity (Wildman–Crippen MR) is 69.8 cm³/mol. The lowest BCUT2D eigenvalue weighted by molar-refractivity contribution is -0.157. The standard InChI is InChI=1S/C11H15ClN2O3S/c1-11(2,3)17-10(16)7-5(12)4-18-9-6(13)8(15)14(7)9/h6,9H,4,13H2,1-3H3/t6?,9-/m1/s1. The molecule has 0 bridgehead atoms. The highest BCUT2D eigenvalue weighted by atomic mass is 35.5. The quantitative estimate of drug-likeness (QED) is 0.577. The van der Waals surface area contributed by atoms with E-state index in [2.05, 4.69) is 0 Å². The summed E-state index contributed by atoms with van der Waals surface area (Å²) in [5, 5.41) is 0.133. The Labute approximate surface area is 115 Å². The summed E-state index contributed by atoms with van der Waals surface area (Å²) >= 11 is 7.49. The minimum absolute atomic E-state index is 0.141. The van der Waals surface area contributed by atoms with E-state index in [4.69, 9.17) is 22.1 Å². The Morgan fingerprint density at radius 1 is 1.56 bits per heavy atom. The molecule has 0 aromatic carbocycles. The molecule has 1 fully saturated rings. The zero-order chi connectivity index (χ0) is 13.7. The molecular formula is C11H15ClN2O3S. The highest BCUT2D eigenvalue weighted by Gasteiger charge is 2.52. The molecule has 2 atom stereocenters. The average Bonchev–Trinajstić information content (AvgIpc) is 2.25. The van der Waals surface area contributed by atoms with Crippen LogP contribution in [0.1, 0.15) is 20.8 Å². The van der Waals surface area contributed by atoms with Crippen LogP contribution in [0.2, 0.25) is 0 Å². The van der Waals surface area contributed by atoms with Crippen molar-refractivity contribution in [1.82, 2.24) is 4.90 Å². The first kappa shape index (κ1) is 13.7. The first-order valence-corrected chi connectivity index (χ1v) is 6.97. The van der Waals surface area contributed by atoms with E-state index < -0.39 is 17.6 Å². The fraction of sp³-hybridized carbons (Fsp3) is 0.636. The van der Waals surface area contributed by atoms with Gasteiger partial charge in [-0.15, -0.1) is 11.8 Å². The van der Waals surface area contributed by atoms with Gasteiger partial charge in [-0.05, 0) is 20.8 Å². The van der Waals surface area contributed by atoms with Gasteiger partial charge in [0.25, 0.3) is 0 Å². The van der Waals surface area contributed by atoms with Gasteiger partial charge in [0.15, 0.2) is 0 Å². The van der Waals surface area contributed by atoms with Gasteiger partial charge in [0.05, 0.1) is 5.03 Å². The Kier molecular flexibility index (Phi) is 3.38. The van der Waals surface area contributed by atoms with E-state index in [0.29, 0.717) is 10.8 Å². The molecular weight excluding hydrogens is 276 g/mol. The lowest BCUT2D eigenvalue weighted by Crippen LogP contribution is -2.68. The molecule has 2 aliphatic rings. The number of carbonyl (C=O) groups is 2. The highest BCUT2D eigenvalue weighted by molar-refractivity contribution is 8.00. The number of β-lactam (4-membered cyclic amide) rings is 1. The number of hydrogen-bond donors (Lipinski definition) is 1. The Hall–Kier alpha value is -0.720. The van der Waals surface area contributed by atoms with Crippen molar-refractivity contribution in [2.75, 3.05) is 5.75 Å². The van der Waals surface area contributed by atoms with E-state index in [9.17, 15) is 9.59 Å². The van der Waals surface area contributed by atoms with Crippen molar-refractivity contribution in [2.45, 2.75) is 37.8 Å². The molecule has 2 heterocycles. The summed E-state index contributed by atoms with van der Waals surface area (Å²) in [6, 6.07) is -0.558. The van der Waals surface area contributed by atoms with Gasteiger partial charge in [-0.1, -0.05) is 11.6 Å². The van der Waals surface area contributed by atoms with Crippen LogP contribution in [0.3, 0.4) is 0 Å². The molecule has 0 aromatic rings. The molecule has 0 saturated carbocycles. The van der Waals surface area contributed by atoms with Gasteiger partial charge < -0.3 is 10.5 Å². The number of nitrogens with zero attached hydrogens (tertiary/aromatic N) is 1. The molecule has 1 saturated heterocycles. The molecule has 0 radical (unpaired) electrons. The second-order valence-electron chi connectivity index (χ2n) is 5.19. The minimum atomic E-state index is -0.628. The third-order valence-corrected chi connectivity index (χ3v) is 4.33. The maximum atomic E-state index is 12.1. The largest absolute Gasteiger partial charge is 0.455 e. The van der Waals surface area contributed by atoms with Crippen molar-refractivity contribution in [3.63, 3.8) is 0 Å².